The fourth-order valence-electron chi connectivity index (χ4n) is 2.84. The van der Waals surface area contributed by atoms with Crippen LogP contribution in [0.25, 0.3) is 0 Å². The number of nitrogens with two attached hydrogens (primary N) is 1. The molecule has 3 unspecified atom stereocenters. The first kappa shape index (κ1) is 15.4. The van der Waals surface area contributed by atoms with Gasteiger partial charge in [0.1, 0.15) is 5.82 Å². The number of morpholine rings is 1. The van der Waals surface area contributed by atoms with Crippen LogP contribution in [-0.2, 0) is 4.74 Å². The number of nitrogens with zero attached hydrogens (tertiary/aromatic N) is 1. The molecule has 0 bridgehead atoms. The number of hydrogen-bond donors (Lipinski definition) is 1. The van der Waals surface area contributed by atoms with Crippen LogP contribution in [0.1, 0.15) is 31.9 Å². The Morgan fingerprint density at radius 1 is 1.45 bits per heavy atom. The van der Waals surface area contributed by atoms with Gasteiger partial charge in [0.15, 0.2) is 0 Å². The molecular weight excluding hydrogens is 255 g/mol. The van der Waals surface area contributed by atoms with Gasteiger partial charge in [0.25, 0.3) is 0 Å². The molecule has 112 valence electrons. The third-order valence-electron chi connectivity index (χ3n) is 4.22. The zero-order valence-electron chi connectivity index (χ0n) is 12.4. The van der Waals surface area contributed by atoms with E-state index in [4.69, 9.17) is 10.5 Å². The van der Waals surface area contributed by atoms with Crippen LogP contribution in [0.15, 0.2) is 24.3 Å². The highest BCUT2D eigenvalue weighted by molar-refractivity contribution is 5.21. The van der Waals surface area contributed by atoms with Crippen molar-refractivity contribution in [1.29, 1.82) is 0 Å². The molecule has 0 spiro atoms. The molecule has 1 saturated heterocycles. The van der Waals surface area contributed by atoms with Crippen LogP contribution >= 0.6 is 0 Å². The predicted octanol–water partition coefficient (Wildman–Crippen LogP) is 2.57. The van der Waals surface area contributed by atoms with Crippen LogP contribution < -0.4 is 5.73 Å². The second-order valence-corrected chi connectivity index (χ2v) is 5.66. The van der Waals surface area contributed by atoms with Crippen molar-refractivity contribution < 1.29 is 9.13 Å². The molecule has 1 aliphatic rings. The minimum absolute atomic E-state index is 0.207. The van der Waals surface area contributed by atoms with Gasteiger partial charge >= 0.3 is 0 Å². The molecule has 3 nitrogen and oxygen atoms in total. The topological polar surface area (TPSA) is 38.5 Å². The lowest BCUT2D eigenvalue weighted by Crippen LogP contribution is -2.47. The summed E-state index contributed by atoms with van der Waals surface area (Å²) in [6.07, 6.45) is 1.07. The Labute approximate surface area is 120 Å². The standard InChI is InChI=1S/C16H25FN2O/c1-3-13-11-20-9-8-19(13)10-12(2)16(18)14-6-4-5-7-15(14)17/h4-7,12-13,16H,3,8-11,18H2,1-2H3. The van der Waals surface area contributed by atoms with E-state index in [1.54, 1.807) is 12.1 Å². The van der Waals surface area contributed by atoms with Crippen molar-refractivity contribution in [2.45, 2.75) is 32.4 Å². The molecule has 1 fully saturated rings. The fraction of sp³-hybridized carbons (Fsp3) is 0.625. The summed E-state index contributed by atoms with van der Waals surface area (Å²) in [5.41, 5.74) is 6.86. The average molecular weight is 280 g/mol. The smallest absolute Gasteiger partial charge is 0.127 e. The number of rotatable bonds is 5. The van der Waals surface area contributed by atoms with Crippen molar-refractivity contribution in [3.8, 4) is 0 Å². The molecule has 1 heterocycles. The van der Waals surface area contributed by atoms with E-state index < -0.39 is 0 Å². The highest BCUT2D eigenvalue weighted by Gasteiger charge is 2.26. The van der Waals surface area contributed by atoms with Gasteiger partial charge in [-0.15, -0.1) is 0 Å². The van der Waals surface area contributed by atoms with Crippen LogP contribution in [0, 0.1) is 11.7 Å². The molecule has 0 radical (unpaired) electrons. The van der Waals surface area contributed by atoms with Gasteiger partial charge in [0.2, 0.25) is 0 Å². The molecular formula is C16H25FN2O. The normalized spacial score (nSPS) is 23.5. The summed E-state index contributed by atoms with van der Waals surface area (Å²) in [5, 5.41) is 0. The largest absolute Gasteiger partial charge is 0.378 e. The van der Waals surface area contributed by atoms with E-state index in [1.807, 2.05) is 6.07 Å². The maximum Gasteiger partial charge on any atom is 0.127 e. The summed E-state index contributed by atoms with van der Waals surface area (Å²) in [6.45, 7) is 7.66. The van der Waals surface area contributed by atoms with Gasteiger partial charge in [-0.1, -0.05) is 32.0 Å². The van der Waals surface area contributed by atoms with E-state index in [9.17, 15) is 4.39 Å². The van der Waals surface area contributed by atoms with Crippen LogP contribution in [0.2, 0.25) is 0 Å². The summed E-state index contributed by atoms with van der Waals surface area (Å²) >= 11 is 0. The summed E-state index contributed by atoms with van der Waals surface area (Å²) in [7, 11) is 0. The molecule has 1 aromatic rings. The minimum atomic E-state index is -0.267. The van der Waals surface area contributed by atoms with Crippen molar-refractivity contribution in [1.82, 2.24) is 4.90 Å². The minimum Gasteiger partial charge on any atom is -0.378 e. The van der Waals surface area contributed by atoms with Gasteiger partial charge in [-0.3, -0.25) is 4.90 Å². The van der Waals surface area contributed by atoms with Gasteiger partial charge < -0.3 is 10.5 Å². The van der Waals surface area contributed by atoms with Gasteiger partial charge in [-0.25, -0.2) is 4.39 Å². The van der Waals surface area contributed by atoms with Crippen molar-refractivity contribution in [3.63, 3.8) is 0 Å². The lowest BCUT2D eigenvalue weighted by molar-refractivity contribution is -0.0159. The Morgan fingerprint density at radius 2 is 2.20 bits per heavy atom. The zero-order chi connectivity index (χ0) is 14.5. The second-order valence-electron chi connectivity index (χ2n) is 5.66. The molecule has 20 heavy (non-hydrogen) atoms. The maximum absolute atomic E-state index is 13.8. The Balaban J connectivity index is 2.00. The van der Waals surface area contributed by atoms with Crippen LogP contribution in [0.3, 0.4) is 0 Å². The summed E-state index contributed by atoms with van der Waals surface area (Å²) < 4.78 is 19.3. The van der Waals surface area contributed by atoms with Crippen LogP contribution in [0.5, 0.6) is 0 Å². The van der Waals surface area contributed by atoms with Gasteiger partial charge in [-0.2, -0.15) is 0 Å². The highest BCUT2D eigenvalue weighted by atomic mass is 19.1. The Hall–Kier alpha value is -0.970. The molecule has 1 aromatic carbocycles. The molecule has 0 saturated carbocycles. The van der Waals surface area contributed by atoms with Crippen LogP contribution in [-0.4, -0.2) is 37.2 Å². The molecule has 0 aromatic heterocycles. The number of hydrogen-bond acceptors (Lipinski definition) is 3. The van der Waals surface area contributed by atoms with Crippen molar-refractivity contribution in [2.24, 2.45) is 11.7 Å². The van der Waals surface area contributed by atoms with Crippen LogP contribution in [0.4, 0.5) is 4.39 Å². The maximum atomic E-state index is 13.8. The van der Waals surface area contributed by atoms with E-state index >= 15 is 0 Å². The Bertz CT molecular complexity index is 427. The third kappa shape index (κ3) is 3.57. The summed E-state index contributed by atoms with van der Waals surface area (Å²) in [6, 6.07) is 6.99. The molecule has 3 atom stereocenters. The first-order valence-electron chi connectivity index (χ1n) is 7.45. The SMILES string of the molecule is CCC1COCCN1CC(C)C(N)c1ccccc1F. The number of benzene rings is 1. The Kier molecular flexibility index (Phi) is 5.52. The molecule has 0 amide bonds. The highest BCUT2D eigenvalue weighted by Crippen LogP contribution is 2.24. The van der Waals surface area contributed by atoms with E-state index in [2.05, 4.69) is 18.7 Å². The van der Waals surface area contributed by atoms with E-state index in [1.165, 1.54) is 6.07 Å². The first-order chi connectivity index (χ1) is 9.63. The molecule has 4 heteroatoms. The van der Waals surface area contributed by atoms with Crippen molar-refractivity contribution >= 4 is 0 Å². The van der Waals surface area contributed by atoms with Gasteiger partial charge in [0, 0.05) is 30.7 Å². The lowest BCUT2D eigenvalue weighted by Gasteiger charge is -2.37. The quantitative estimate of drug-likeness (QED) is 0.901. The van der Waals surface area contributed by atoms with Crippen molar-refractivity contribution in [2.75, 3.05) is 26.3 Å². The molecule has 0 aliphatic carbocycles. The first-order valence-corrected chi connectivity index (χ1v) is 7.45. The fourth-order valence-corrected chi connectivity index (χ4v) is 2.84. The van der Waals surface area contributed by atoms with Gasteiger partial charge in [-0.05, 0) is 18.4 Å². The van der Waals surface area contributed by atoms with E-state index in [0.29, 0.717) is 11.6 Å². The molecule has 2 rings (SSSR count). The monoisotopic (exact) mass is 280 g/mol. The predicted molar refractivity (Wildman–Crippen MR) is 79.0 cm³/mol. The lowest BCUT2D eigenvalue weighted by atomic mass is 9.93. The van der Waals surface area contributed by atoms with Crippen molar-refractivity contribution in [3.05, 3.63) is 35.6 Å². The van der Waals surface area contributed by atoms with E-state index in [-0.39, 0.29) is 17.8 Å². The van der Waals surface area contributed by atoms with Gasteiger partial charge in [0.05, 0.1) is 13.2 Å². The third-order valence-corrected chi connectivity index (χ3v) is 4.22. The number of halogens is 1. The second kappa shape index (κ2) is 7.16. The zero-order valence-corrected chi connectivity index (χ0v) is 12.4. The average Bonchev–Trinajstić information content (AvgIpc) is 2.47. The van der Waals surface area contributed by atoms with E-state index in [0.717, 1.165) is 32.7 Å². The Morgan fingerprint density at radius 3 is 2.90 bits per heavy atom. The molecule has 2 N–H and O–H groups in total. The summed E-state index contributed by atoms with van der Waals surface area (Å²) in [4.78, 5) is 2.43. The summed E-state index contributed by atoms with van der Waals surface area (Å²) in [5.74, 6) is -0.0000750. The molecule has 1 aliphatic heterocycles. The number of ether oxygens (including phenoxy) is 1.